The number of likely N-dealkylation sites (tertiary alicyclic amines) is 1. The highest BCUT2D eigenvalue weighted by molar-refractivity contribution is 5.86. The summed E-state index contributed by atoms with van der Waals surface area (Å²) in [4.78, 5) is 26.7. The number of hydrogen-bond acceptors (Lipinski definition) is 4. The molecule has 0 spiro atoms. The van der Waals surface area contributed by atoms with Crippen molar-refractivity contribution in [1.82, 2.24) is 20.0 Å². The Labute approximate surface area is 159 Å². The Morgan fingerprint density at radius 3 is 2.63 bits per heavy atom. The second-order valence-electron chi connectivity index (χ2n) is 7.73. The number of aromatic nitrogens is 2. The van der Waals surface area contributed by atoms with Gasteiger partial charge < -0.3 is 15.0 Å². The van der Waals surface area contributed by atoms with Crippen LogP contribution in [0.5, 0.6) is 0 Å². The number of hydrogen-bond donors (Lipinski definition) is 1. The summed E-state index contributed by atoms with van der Waals surface area (Å²) < 4.78 is 6.93. The van der Waals surface area contributed by atoms with Crippen LogP contribution in [0.25, 0.3) is 0 Å². The molecule has 1 saturated heterocycles. The van der Waals surface area contributed by atoms with Crippen LogP contribution in [-0.4, -0.2) is 39.3 Å². The number of nitrogens with zero attached hydrogens (tertiary/aromatic N) is 3. The molecular formula is C20H26N4O3. The number of amides is 2. The predicted molar refractivity (Wildman–Crippen MR) is 101 cm³/mol. The lowest BCUT2D eigenvalue weighted by Gasteiger charge is -2.54. The first kappa shape index (κ1) is 18.9. The van der Waals surface area contributed by atoms with E-state index in [1.54, 1.807) is 22.7 Å². The highest BCUT2D eigenvalue weighted by atomic mass is 16.5. The standard InChI is InChI=1S/C20H26N4O3/c1-14(22-19(26)27-12-15-8-6-5-7-9-15)18(25)24-13-20(2,3)17(24)16-10-21-23(4)11-16/h5-11,14,17H,12-13H2,1-4H3,(H,22,26)/t14-,17-/m0/s1. The maximum atomic E-state index is 12.8. The van der Waals surface area contributed by atoms with E-state index in [1.807, 2.05) is 43.6 Å². The summed E-state index contributed by atoms with van der Waals surface area (Å²) in [7, 11) is 1.86. The lowest BCUT2D eigenvalue weighted by Crippen LogP contribution is -2.61. The van der Waals surface area contributed by atoms with Crippen LogP contribution in [0.4, 0.5) is 4.79 Å². The van der Waals surface area contributed by atoms with Crippen molar-refractivity contribution < 1.29 is 14.3 Å². The van der Waals surface area contributed by atoms with Crippen LogP contribution in [0, 0.1) is 5.41 Å². The molecule has 27 heavy (non-hydrogen) atoms. The molecule has 3 rings (SSSR count). The molecule has 1 aromatic carbocycles. The van der Waals surface area contributed by atoms with Crippen molar-refractivity contribution >= 4 is 12.0 Å². The van der Waals surface area contributed by atoms with Gasteiger partial charge in [-0.1, -0.05) is 44.2 Å². The zero-order valence-corrected chi connectivity index (χ0v) is 16.2. The van der Waals surface area contributed by atoms with E-state index in [0.717, 1.165) is 11.1 Å². The molecule has 7 heteroatoms. The van der Waals surface area contributed by atoms with Gasteiger partial charge >= 0.3 is 6.09 Å². The molecule has 0 unspecified atom stereocenters. The molecule has 1 aliphatic heterocycles. The zero-order valence-electron chi connectivity index (χ0n) is 16.2. The monoisotopic (exact) mass is 370 g/mol. The largest absolute Gasteiger partial charge is 0.445 e. The molecule has 1 fully saturated rings. The normalized spacial score (nSPS) is 19.1. The Morgan fingerprint density at radius 2 is 2.04 bits per heavy atom. The minimum atomic E-state index is -0.663. The molecule has 1 N–H and O–H groups in total. The maximum Gasteiger partial charge on any atom is 0.408 e. The van der Waals surface area contributed by atoms with Gasteiger partial charge in [-0.05, 0) is 12.5 Å². The second-order valence-corrected chi connectivity index (χ2v) is 7.73. The topological polar surface area (TPSA) is 76.5 Å². The molecule has 2 aromatic rings. The Kier molecular flexibility index (Phi) is 5.21. The SMILES string of the molecule is C[C@H](NC(=O)OCc1ccccc1)C(=O)N1CC(C)(C)[C@@H]1c1cnn(C)c1. The summed E-state index contributed by atoms with van der Waals surface area (Å²) in [5, 5.41) is 6.84. The smallest absolute Gasteiger partial charge is 0.408 e. The van der Waals surface area contributed by atoms with E-state index in [-0.39, 0.29) is 24.0 Å². The number of carbonyl (C=O) groups excluding carboxylic acids is 2. The van der Waals surface area contributed by atoms with Gasteiger partial charge in [-0.2, -0.15) is 5.10 Å². The Balaban J connectivity index is 1.57. The molecule has 7 nitrogen and oxygen atoms in total. The summed E-state index contributed by atoms with van der Waals surface area (Å²) in [5.74, 6) is -0.125. The summed E-state index contributed by atoms with van der Waals surface area (Å²) in [5.41, 5.74) is 1.86. The van der Waals surface area contributed by atoms with Crippen molar-refractivity contribution in [2.24, 2.45) is 12.5 Å². The molecular weight excluding hydrogens is 344 g/mol. The molecule has 0 saturated carbocycles. The van der Waals surface area contributed by atoms with Gasteiger partial charge in [0.15, 0.2) is 0 Å². The van der Waals surface area contributed by atoms with Crippen molar-refractivity contribution in [2.45, 2.75) is 39.5 Å². The Bertz CT molecular complexity index is 816. The fourth-order valence-corrected chi connectivity index (χ4v) is 3.60. The number of rotatable bonds is 5. The maximum absolute atomic E-state index is 12.8. The predicted octanol–water partition coefficient (Wildman–Crippen LogP) is 2.64. The van der Waals surface area contributed by atoms with Crippen LogP contribution in [0.3, 0.4) is 0 Å². The molecule has 2 heterocycles. The number of benzene rings is 1. The highest BCUT2D eigenvalue weighted by Crippen LogP contribution is 2.48. The first-order chi connectivity index (χ1) is 12.8. The molecule has 0 aliphatic carbocycles. The average molecular weight is 370 g/mol. The van der Waals surface area contributed by atoms with E-state index in [0.29, 0.717) is 6.54 Å². The number of ether oxygens (including phenoxy) is 1. The third kappa shape index (κ3) is 4.13. The van der Waals surface area contributed by atoms with Crippen LogP contribution < -0.4 is 5.32 Å². The molecule has 2 amide bonds. The lowest BCUT2D eigenvalue weighted by molar-refractivity contribution is -0.154. The summed E-state index contributed by atoms with van der Waals surface area (Å²) in [6, 6.07) is 8.70. The van der Waals surface area contributed by atoms with Crippen LogP contribution in [0.1, 0.15) is 37.9 Å². The van der Waals surface area contributed by atoms with E-state index < -0.39 is 12.1 Å². The van der Waals surface area contributed by atoms with Crippen molar-refractivity contribution in [1.29, 1.82) is 0 Å². The van der Waals surface area contributed by atoms with Crippen molar-refractivity contribution in [3.8, 4) is 0 Å². The van der Waals surface area contributed by atoms with Crippen molar-refractivity contribution in [3.05, 3.63) is 53.9 Å². The van der Waals surface area contributed by atoms with Gasteiger partial charge in [0.2, 0.25) is 5.91 Å². The van der Waals surface area contributed by atoms with Crippen LogP contribution >= 0.6 is 0 Å². The summed E-state index contributed by atoms with van der Waals surface area (Å²) in [6.07, 6.45) is 3.12. The van der Waals surface area contributed by atoms with Crippen LogP contribution in [0.2, 0.25) is 0 Å². The zero-order chi connectivity index (χ0) is 19.6. The van der Waals surface area contributed by atoms with Gasteiger partial charge in [0.05, 0.1) is 12.2 Å². The van der Waals surface area contributed by atoms with Gasteiger partial charge in [-0.15, -0.1) is 0 Å². The first-order valence-corrected chi connectivity index (χ1v) is 9.04. The van der Waals surface area contributed by atoms with Crippen LogP contribution in [-0.2, 0) is 23.2 Å². The fraction of sp³-hybridized carbons (Fsp3) is 0.450. The molecule has 0 bridgehead atoms. The van der Waals surface area contributed by atoms with Crippen LogP contribution in [0.15, 0.2) is 42.7 Å². The molecule has 2 atom stereocenters. The van der Waals surface area contributed by atoms with Crippen molar-refractivity contribution in [3.63, 3.8) is 0 Å². The summed E-state index contributed by atoms with van der Waals surface area (Å²) in [6.45, 7) is 6.73. The Morgan fingerprint density at radius 1 is 1.33 bits per heavy atom. The van der Waals surface area contributed by atoms with Gasteiger partial charge in [0.1, 0.15) is 12.6 Å². The minimum Gasteiger partial charge on any atom is -0.445 e. The quantitative estimate of drug-likeness (QED) is 0.878. The highest BCUT2D eigenvalue weighted by Gasteiger charge is 2.50. The van der Waals surface area contributed by atoms with E-state index in [1.165, 1.54) is 0 Å². The molecule has 0 radical (unpaired) electrons. The van der Waals surface area contributed by atoms with E-state index in [4.69, 9.17) is 4.74 Å². The number of aryl methyl sites for hydroxylation is 1. The number of nitrogens with one attached hydrogen (secondary N) is 1. The average Bonchev–Trinajstić information content (AvgIpc) is 3.03. The van der Waals surface area contributed by atoms with E-state index >= 15 is 0 Å². The Hall–Kier alpha value is -2.83. The summed E-state index contributed by atoms with van der Waals surface area (Å²) >= 11 is 0. The van der Waals surface area contributed by atoms with Gasteiger partial charge in [0.25, 0.3) is 0 Å². The van der Waals surface area contributed by atoms with E-state index in [9.17, 15) is 9.59 Å². The first-order valence-electron chi connectivity index (χ1n) is 9.04. The van der Waals surface area contributed by atoms with E-state index in [2.05, 4.69) is 24.3 Å². The number of alkyl carbamates (subject to hydrolysis) is 1. The van der Waals surface area contributed by atoms with Gasteiger partial charge in [-0.25, -0.2) is 4.79 Å². The van der Waals surface area contributed by atoms with Gasteiger partial charge in [-0.3, -0.25) is 9.48 Å². The number of carbonyl (C=O) groups is 2. The molecule has 1 aliphatic rings. The second kappa shape index (κ2) is 7.42. The van der Waals surface area contributed by atoms with Gasteiger partial charge in [0, 0.05) is 30.8 Å². The third-order valence-corrected chi connectivity index (χ3v) is 4.87. The molecule has 144 valence electrons. The molecule has 1 aromatic heterocycles. The lowest BCUT2D eigenvalue weighted by atomic mass is 9.72. The van der Waals surface area contributed by atoms with Crippen molar-refractivity contribution in [2.75, 3.05) is 6.54 Å². The minimum absolute atomic E-state index is 0.0355. The fourth-order valence-electron chi connectivity index (χ4n) is 3.60. The third-order valence-electron chi connectivity index (χ3n) is 4.87.